The average molecular weight is 168 g/mol. The molecule has 0 saturated heterocycles. The van der Waals surface area contributed by atoms with Gasteiger partial charge in [-0.05, 0) is 29.8 Å². The fraction of sp³-hybridized carbons (Fsp3) is 0. The Morgan fingerprint density at radius 2 is 1.85 bits per heavy atom. The van der Waals surface area contributed by atoms with Gasteiger partial charge in [0.05, 0.1) is 11.6 Å². The van der Waals surface area contributed by atoms with Crippen LogP contribution in [0.15, 0.2) is 42.6 Å². The maximum atomic E-state index is 8.60. The monoisotopic (exact) mass is 168 g/mol. The Morgan fingerprint density at radius 1 is 1.08 bits per heavy atom. The van der Waals surface area contributed by atoms with Gasteiger partial charge in [0.25, 0.3) is 0 Å². The molecule has 0 amide bonds. The van der Waals surface area contributed by atoms with Crippen molar-refractivity contribution in [3.05, 3.63) is 48.2 Å². The molecule has 2 nitrogen and oxygen atoms in total. The van der Waals surface area contributed by atoms with Gasteiger partial charge in [-0.2, -0.15) is 5.26 Å². The van der Waals surface area contributed by atoms with Gasteiger partial charge in [0, 0.05) is 11.9 Å². The van der Waals surface area contributed by atoms with Crippen LogP contribution >= 0.6 is 0 Å². The molecule has 0 unspecified atom stereocenters. The lowest BCUT2D eigenvalue weighted by atomic mass is 10.1. The first-order chi connectivity index (χ1) is 6.40. The summed E-state index contributed by atoms with van der Waals surface area (Å²) in [6.07, 6.45) is 1.88. The van der Waals surface area contributed by atoms with Crippen LogP contribution in [0.5, 0.6) is 0 Å². The number of nitrogens with zero attached hydrogens (tertiary/aromatic N) is 1. The van der Waals surface area contributed by atoms with Gasteiger partial charge < -0.3 is 4.98 Å². The number of hydrogen-bond donors (Lipinski definition) is 1. The fourth-order valence-electron chi connectivity index (χ4n) is 1.23. The van der Waals surface area contributed by atoms with E-state index < -0.39 is 0 Å². The lowest BCUT2D eigenvalue weighted by Crippen LogP contribution is -1.77. The van der Waals surface area contributed by atoms with Crippen LogP contribution in [0, 0.1) is 11.3 Å². The molecule has 13 heavy (non-hydrogen) atoms. The molecule has 1 aromatic carbocycles. The van der Waals surface area contributed by atoms with Gasteiger partial charge >= 0.3 is 0 Å². The second-order valence-corrected chi connectivity index (χ2v) is 2.77. The van der Waals surface area contributed by atoms with Gasteiger partial charge in [-0.15, -0.1) is 0 Å². The van der Waals surface area contributed by atoms with E-state index in [-0.39, 0.29) is 0 Å². The van der Waals surface area contributed by atoms with Crippen molar-refractivity contribution in [3.63, 3.8) is 0 Å². The molecule has 0 atom stereocenters. The Hall–Kier alpha value is -2.01. The third-order valence-corrected chi connectivity index (χ3v) is 1.92. The highest BCUT2D eigenvalue weighted by atomic mass is 14.7. The van der Waals surface area contributed by atoms with Gasteiger partial charge in [-0.3, -0.25) is 0 Å². The van der Waals surface area contributed by atoms with Gasteiger partial charge in [-0.25, -0.2) is 0 Å². The minimum Gasteiger partial charge on any atom is -0.361 e. The van der Waals surface area contributed by atoms with Crippen molar-refractivity contribution in [2.24, 2.45) is 0 Å². The Labute approximate surface area is 76.5 Å². The summed E-state index contributed by atoms with van der Waals surface area (Å²) in [5.74, 6) is 0. The van der Waals surface area contributed by atoms with E-state index >= 15 is 0 Å². The molecular formula is C11H8N2. The first-order valence-electron chi connectivity index (χ1n) is 4.04. The summed E-state index contributed by atoms with van der Waals surface area (Å²) in [6, 6.07) is 13.5. The quantitative estimate of drug-likeness (QED) is 0.698. The predicted octanol–water partition coefficient (Wildman–Crippen LogP) is 2.55. The van der Waals surface area contributed by atoms with Crippen molar-refractivity contribution >= 4 is 0 Å². The molecule has 0 radical (unpaired) electrons. The largest absolute Gasteiger partial charge is 0.361 e. The van der Waals surface area contributed by atoms with Crippen molar-refractivity contribution in [2.45, 2.75) is 0 Å². The van der Waals surface area contributed by atoms with E-state index in [9.17, 15) is 0 Å². The molecule has 0 aliphatic heterocycles. The highest BCUT2D eigenvalue weighted by Crippen LogP contribution is 2.16. The van der Waals surface area contributed by atoms with Gasteiger partial charge in [0.2, 0.25) is 0 Å². The summed E-state index contributed by atoms with van der Waals surface area (Å²) in [6.45, 7) is 0. The maximum Gasteiger partial charge on any atom is 0.0991 e. The SMILES string of the molecule is N#Cc1ccc(-c2ccc[nH]2)cc1. The molecule has 2 heteroatoms. The number of nitrogens with one attached hydrogen (secondary N) is 1. The first-order valence-corrected chi connectivity index (χ1v) is 4.04. The van der Waals surface area contributed by atoms with Crippen LogP contribution in [-0.4, -0.2) is 4.98 Å². The van der Waals surface area contributed by atoms with Crippen LogP contribution < -0.4 is 0 Å². The summed E-state index contributed by atoms with van der Waals surface area (Å²) in [5.41, 5.74) is 2.86. The number of H-pyrrole nitrogens is 1. The first kappa shape index (κ1) is 7.63. The lowest BCUT2D eigenvalue weighted by Gasteiger charge is -1.96. The number of rotatable bonds is 1. The molecule has 0 fully saturated rings. The number of aromatic amines is 1. The van der Waals surface area contributed by atoms with Crippen molar-refractivity contribution in [1.82, 2.24) is 4.98 Å². The predicted molar refractivity (Wildman–Crippen MR) is 50.9 cm³/mol. The maximum absolute atomic E-state index is 8.60. The molecule has 1 heterocycles. The highest BCUT2D eigenvalue weighted by Gasteiger charge is 1.96. The molecule has 0 bridgehead atoms. The molecule has 2 rings (SSSR count). The van der Waals surface area contributed by atoms with Crippen molar-refractivity contribution < 1.29 is 0 Å². The topological polar surface area (TPSA) is 39.6 Å². The van der Waals surface area contributed by atoms with E-state index in [0.717, 1.165) is 11.3 Å². The van der Waals surface area contributed by atoms with Crippen LogP contribution in [0.4, 0.5) is 0 Å². The zero-order valence-corrected chi connectivity index (χ0v) is 6.99. The number of nitriles is 1. The van der Waals surface area contributed by atoms with Crippen LogP contribution in [0.1, 0.15) is 5.56 Å². The minimum absolute atomic E-state index is 0.690. The molecule has 0 aliphatic carbocycles. The van der Waals surface area contributed by atoms with Crippen LogP contribution in [0.3, 0.4) is 0 Å². The zero-order valence-electron chi connectivity index (χ0n) is 6.99. The van der Waals surface area contributed by atoms with Gasteiger partial charge in [0.15, 0.2) is 0 Å². The van der Waals surface area contributed by atoms with Gasteiger partial charge in [0.1, 0.15) is 0 Å². The summed E-state index contributed by atoms with van der Waals surface area (Å²) >= 11 is 0. The van der Waals surface area contributed by atoms with Crippen LogP contribution in [-0.2, 0) is 0 Å². The number of hydrogen-bond acceptors (Lipinski definition) is 1. The average Bonchev–Trinajstić information content (AvgIpc) is 2.71. The number of aromatic nitrogens is 1. The molecule has 0 saturated carbocycles. The van der Waals surface area contributed by atoms with E-state index in [1.807, 2.05) is 42.6 Å². The molecule has 2 aromatic rings. The highest BCUT2D eigenvalue weighted by molar-refractivity contribution is 5.60. The van der Waals surface area contributed by atoms with E-state index in [1.165, 1.54) is 0 Å². The molecule has 1 aromatic heterocycles. The van der Waals surface area contributed by atoms with Crippen molar-refractivity contribution in [1.29, 1.82) is 5.26 Å². The smallest absolute Gasteiger partial charge is 0.0991 e. The Bertz CT molecular complexity index is 418. The molecule has 0 spiro atoms. The lowest BCUT2D eigenvalue weighted by molar-refractivity contribution is 1.40. The van der Waals surface area contributed by atoms with Crippen molar-refractivity contribution in [3.8, 4) is 17.3 Å². The summed E-state index contributed by atoms with van der Waals surface area (Å²) in [4.78, 5) is 3.11. The van der Waals surface area contributed by atoms with E-state index in [4.69, 9.17) is 5.26 Å². The minimum atomic E-state index is 0.690. The van der Waals surface area contributed by atoms with E-state index in [1.54, 1.807) is 0 Å². The summed E-state index contributed by atoms with van der Waals surface area (Å²) < 4.78 is 0. The Morgan fingerprint density at radius 3 is 2.38 bits per heavy atom. The second-order valence-electron chi connectivity index (χ2n) is 2.77. The molecule has 0 aliphatic rings. The van der Waals surface area contributed by atoms with Crippen LogP contribution in [0.2, 0.25) is 0 Å². The summed E-state index contributed by atoms with van der Waals surface area (Å²) in [7, 11) is 0. The van der Waals surface area contributed by atoms with Gasteiger partial charge in [-0.1, -0.05) is 12.1 Å². The molecule has 62 valence electrons. The zero-order chi connectivity index (χ0) is 9.10. The number of benzene rings is 1. The Balaban J connectivity index is 2.40. The Kier molecular flexibility index (Phi) is 1.85. The van der Waals surface area contributed by atoms with E-state index in [0.29, 0.717) is 5.56 Å². The third-order valence-electron chi connectivity index (χ3n) is 1.92. The van der Waals surface area contributed by atoms with Crippen LogP contribution in [0.25, 0.3) is 11.3 Å². The fourth-order valence-corrected chi connectivity index (χ4v) is 1.23. The molecular weight excluding hydrogens is 160 g/mol. The third kappa shape index (κ3) is 1.45. The molecule has 1 N–H and O–H groups in total. The van der Waals surface area contributed by atoms with Crippen molar-refractivity contribution in [2.75, 3.05) is 0 Å². The standard InChI is InChI=1S/C11H8N2/c12-8-9-3-5-10(6-4-9)11-2-1-7-13-11/h1-7,13H. The normalized spacial score (nSPS) is 9.46. The second kappa shape index (κ2) is 3.16. The summed E-state index contributed by atoms with van der Waals surface area (Å²) in [5, 5.41) is 8.60. The van der Waals surface area contributed by atoms with E-state index in [2.05, 4.69) is 11.1 Å².